The third-order valence-electron chi connectivity index (χ3n) is 5.59. The van der Waals surface area contributed by atoms with Crippen LogP contribution in [0.5, 0.6) is 0 Å². The molecule has 2 aliphatic rings. The van der Waals surface area contributed by atoms with Gasteiger partial charge in [0, 0.05) is 33.3 Å². The molecule has 1 aromatic carbocycles. The van der Waals surface area contributed by atoms with Gasteiger partial charge in [0.2, 0.25) is 0 Å². The molecule has 0 amide bonds. The van der Waals surface area contributed by atoms with Gasteiger partial charge in [-0.15, -0.1) is 0 Å². The van der Waals surface area contributed by atoms with E-state index in [-0.39, 0.29) is 5.41 Å². The molecule has 3 nitrogen and oxygen atoms in total. The van der Waals surface area contributed by atoms with Crippen LogP contribution in [0.1, 0.15) is 30.4 Å². The van der Waals surface area contributed by atoms with Crippen molar-refractivity contribution in [2.24, 2.45) is 5.41 Å². The lowest BCUT2D eigenvalue weighted by Crippen LogP contribution is -2.45. The van der Waals surface area contributed by atoms with Gasteiger partial charge in [-0.1, -0.05) is 18.2 Å². The molecular formula is C19H27F3N2O. The summed E-state index contributed by atoms with van der Waals surface area (Å²) in [6.07, 6.45) is -0.870. The molecule has 6 heteroatoms. The van der Waals surface area contributed by atoms with Crippen LogP contribution in [0.15, 0.2) is 24.3 Å². The van der Waals surface area contributed by atoms with Crippen molar-refractivity contribution in [3.63, 3.8) is 0 Å². The topological polar surface area (TPSA) is 15.7 Å². The highest BCUT2D eigenvalue weighted by Gasteiger charge is 2.41. The number of ether oxygens (including phenoxy) is 1. The van der Waals surface area contributed by atoms with E-state index in [2.05, 4.69) is 9.80 Å². The van der Waals surface area contributed by atoms with Crippen LogP contribution >= 0.6 is 0 Å². The fourth-order valence-corrected chi connectivity index (χ4v) is 4.39. The van der Waals surface area contributed by atoms with E-state index in [0.29, 0.717) is 12.1 Å². The van der Waals surface area contributed by atoms with Crippen molar-refractivity contribution < 1.29 is 17.9 Å². The van der Waals surface area contributed by atoms with E-state index < -0.39 is 11.7 Å². The molecule has 2 fully saturated rings. The highest BCUT2D eigenvalue weighted by Crippen LogP contribution is 2.40. The zero-order chi connectivity index (χ0) is 17.9. The molecule has 0 unspecified atom stereocenters. The summed E-state index contributed by atoms with van der Waals surface area (Å²) in [5, 5.41) is 0. The summed E-state index contributed by atoms with van der Waals surface area (Å²) in [5.74, 6) is 0. The van der Waals surface area contributed by atoms with Crippen LogP contribution in [-0.2, 0) is 17.5 Å². The number of nitrogens with zero attached hydrogens (tertiary/aromatic N) is 2. The Bertz CT molecular complexity index is 578. The third kappa shape index (κ3) is 4.54. The minimum absolute atomic E-state index is 0.235. The molecule has 0 bridgehead atoms. The fourth-order valence-electron chi connectivity index (χ4n) is 4.39. The van der Waals surface area contributed by atoms with Gasteiger partial charge in [-0.2, -0.15) is 13.2 Å². The van der Waals surface area contributed by atoms with E-state index >= 15 is 0 Å². The lowest BCUT2D eigenvalue weighted by molar-refractivity contribution is -0.138. The van der Waals surface area contributed by atoms with E-state index in [1.165, 1.54) is 18.6 Å². The Morgan fingerprint density at radius 1 is 1.08 bits per heavy atom. The van der Waals surface area contributed by atoms with E-state index in [1.54, 1.807) is 19.2 Å². The van der Waals surface area contributed by atoms with E-state index in [4.69, 9.17) is 4.74 Å². The minimum Gasteiger partial charge on any atom is -0.383 e. The average Bonchev–Trinajstić information content (AvgIpc) is 2.94. The number of rotatable bonds is 5. The van der Waals surface area contributed by atoms with E-state index in [1.807, 2.05) is 0 Å². The highest BCUT2D eigenvalue weighted by atomic mass is 19.4. The van der Waals surface area contributed by atoms with Crippen LogP contribution in [0.25, 0.3) is 0 Å². The summed E-state index contributed by atoms with van der Waals surface area (Å²) in [7, 11) is 1.72. The zero-order valence-corrected chi connectivity index (χ0v) is 14.8. The molecule has 0 aromatic heterocycles. The molecule has 2 aliphatic heterocycles. The van der Waals surface area contributed by atoms with Gasteiger partial charge in [0.1, 0.15) is 0 Å². The van der Waals surface area contributed by atoms with E-state index in [0.717, 1.165) is 52.2 Å². The summed E-state index contributed by atoms with van der Waals surface area (Å²) in [6.45, 7) is 5.96. The van der Waals surface area contributed by atoms with Crippen LogP contribution in [0, 0.1) is 5.41 Å². The number of alkyl halides is 3. The molecule has 140 valence electrons. The smallest absolute Gasteiger partial charge is 0.383 e. The Balaban J connectivity index is 1.64. The molecular weight excluding hydrogens is 329 g/mol. The van der Waals surface area contributed by atoms with Crippen molar-refractivity contribution in [3.8, 4) is 0 Å². The lowest BCUT2D eigenvalue weighted by atomic mass is 9.79. The van der Waals surface area contributed by atoms with Gasteiger partial charge in [0.25, 0.3) is 0 Å². The van der Waals surface area contributed by atoms with Gasteiger partial charge in [-0.3, -0.25) is 4.90 Å². The molecule has 1 aromatic rings. The maximum atomic E-state index is 13.2. The Hall–Kier alpha value is -1.11. The molecule has 1 spiro atoms. The number of benzene rings is 1. The van der Waals surface area contributed by atoms with Crippen molar-refractivity contribution in [1.82, 2.24) is 9.80 Å². The molecule has 2 saturated heterocycles. The van der Waals surface area contributed by atoms with Gasteiger partial charge >= 0.3 is 6.18 Å². The molecule has 2 heterocycles. The Kier molecular flexibility index (Phi) is 5.71. The Morgan fingerprint density at radius 2 is 1.84 bits per heavy atom. The molecule has 3 rings (SSSR count). The van der Waals surface area contributed by atoms with Crippen molar-refractivity contribution in [1.29, 1.82) is 0 Å². The van der Waals surface area contributed by atoms with Crippen LogP contribution in [-0.4, -0.2) is 56.2 Å². The molecule has 0 saturated carbocycles. The zero-order valence-electron chi connectivity index (χ0n) is 14.8. The minimum atomic E-state index is -4.28. The molecule has 0 radical (unpaired) electrons. The number of piperidine rings is 1. The summed E-state index contributed by atoms with van der Waals surface area (Å²) in [4.78, 5) is 4.64. The van der Waals surface area contributed by atoms with Gasteiger partial charge < -0.3 is 9.64 Å². The van der Waals surface area contributed by atoms with Crippen molar-refractivity contribution in [3.05, 3.63) is 35.4 Å². The SMILES string of the molecule is COCCN1CCC[C@@]2(CCN(Cc3ccccc3C(F)(F)F)C2)C1. The predicted octanol–water partition coefficient (Wildman–Crippen LogP) is 3.64. The molecule has 25 heavy (non-hydrogen) atoms. The van der Waals surface area contributed by atoms with Crippen LogP contribution in [0.4, 0.5) is 13.2 Å². The second-order valence-electron chi connectivity index (χ2n) is 7.49. The summed E-state index contributed by atoms with van der Waals surface area (Å²) in [5.41, 5.74) is 0.125. The Morgan fingerprint density at radius 3 is 2.60 bits per heavy atom. The molecule has 0 aliphatic carbocycles. The first-order valence-corrected chi connectivity index (χ1v) is 9.01. The Labute approximate surface area is 147 Å². The van der Waals surface area contributed by atoms with Gasteiger partial charge in [0.15, 0.2) is 0 Å². The van der Waals surface area contributed by atoms with Crippen molar-refractivity contribution >= 4 is 0 Å². The maximum absolute atomic E-state index is 13.2. The van der Waals surface area contributed by atoms with Crippen molar-refractivity contribution in [2.75, 3.05) is 46.4 Å². The van der Waals surface area contributed by atoms with E-state index in [9.17, 15) is 13.2 Å². The summed E-state index contributed by atoms with van der Waals surface area (Å²) >= 11 is 0. The normalized spacial score (nSPS) is 25.8. The highest BCUT2D eigenvalue weighted by molar-refractivity contribution is 5.29. The van der Waals surface area contributed by atoms with Crippen LogP contribution in [0.3, 0.4) is 0 Å². The van der Waals surface area contributed by atoms with Crippen LogP contribution in [0.2, 0.25) is 0 Å². The summed E-state index contributed by atoms with van der Waals surface area (Å²) < 4.78 is 44.8. The summed E-state index contributed by atoms with van der Waals surface area (Å²) in [6, 6.07) is 5.96. The molecule has 0 N–H and O–H groups in total. The first-order chi connectivity index (χ1) is 11.9. The number of likely N-dealkylation sites (tertiary alicyclic amines) is 2. The lowest BCUT2D eigenvalue weighted by Gasteiger charge is -2.40. The van der Waals surface area contributed by atoms with Gasteiger partial charge in [-0.25, -0.2) is 0 Å². The van der Waals surface area contributed by atoms with Crippen LogP contribution < -0.4 is 0 Å². The largest absolute Gasteiger partial charge is 0.416 e. The fraction of sp³-hybridized carbons (Fsp3) is 0.684. The predicted molar refractivity (Wildman–Crippen MR) is 91.3 cm³/mol. The van der Waals surface area contributed by atoms with Gasteiger partial charge in [0.05, 0.1) is 12.2 Å². The second-order valence-corrected chi connectivity index (χ2v) is 7.49. The second kappa shape index (κ2) is 7.64. The standard InChI is InChI=1S/C19H27F3N2O/c1-25-12-11-23-9-4-7-18(14-23)8-10-24(15-18)13-16-5-2-3-6-17(16)19(20,21)22/h2-3,5-6H,4,7-15H2,1H3/t18-/m1/s1. The average molecular weight is 356 g/mol. The number of methoxy groups -OCH3 is 1. The maximum Gasteiger partial charge on any atom is 0.416 e. The third-order valence-corrected chi connectivity index (χ3v) is 5.59. The number of hydrogen-bond donors (Lipinski definition) is 0. The quantitative estimate of drug-likeness (QED) is 0.801. The van der Waals surface area contributed by atoms with Crippen molar-refractivity contribution in [2.45, 2.75) is 32.0 Å². The number of hydrogen-bond acceptors (Lipinski definition) is 3. The van der Waals surface area contributed by atoms with Gasteiger partial charge in [-0.05, 0) is 49.4 Å². The monoisotopic (exact) mass is 356 g/mol. The first kappa shape index (κ1) is 18.7. The first-order valence-electron chi connectivity index (χ1n) is 9.01. The number of halogens is 3. The molecule has 1 atom stereocenters.